The van der Waals surface area contributed by atoms with Crippen LogP contribution in [-0.2, 0) is 21.1 Å². The van der Waals surface area contributed by atoms with Crippen molar-refractivity contribution in [3.05, 3.63) is 113 Å². The number of allylic oxidation sites excluding steroid dienone is 2. The lowest BCUT2D eigenvalue weighted by atomic mass is 10.0. The zero-order chi connectivity index (χ0) is 26.5. The summed E-state index contributed by atoms with van der Waals surface area (Å²) in [5.41, 5.74) is 3.86. The van der Waals surface area contributed by atoms with Gasteiger partial charge < -0.3 is 19.7 Å². The summed E-state index contributed by atoms with van der Waals surface area (Å²) in [4.78, 5) is 22.4. The first kappa shape index (κ1) is 26.9. The molecule has 3 aromatic carbocycles. The van der Waals surface area contributed by atoms with Gasteiger partial charge in [0, 0.05) is 24.3 Å². The molecule has 3 rings (SSSR count). The third-order valence-corrected chi connectivity index (χ3v) is 5.16. The summed E-state index contributed by atoms with van der Waals surface area (Å²) in [5.74, 6) is 0.00220. The van der Waals surface area contributed by atoms with Crippen LogP contribution in [0.4, 0.5) is 4.39 Å². The van der Waals surface area contributed by atoms with E-state index >= 15 is 0 Å². The van der Waals surface area contributed by atoms with Crippen molar-refractivity contribution in [3.8, 4) is 5.75 Å². The minimum atomic E-state index is -0.699. The quantitative estimate of drug-likeness (QED) is 0.207. The van der Waals surface area contributed by atoms with Crippen molar-refractivity contribution in [2.24, 2.45) is 10.3 Å². The van der Waals surface area contributed by atoms with Gasteiger partial charge in [0.25, 0.3) is 11.9 Å². The van der Waals surface area contributed by atoms with Gasteiger partial charge in [-0.05, 0) is 41.8 Å². The fourth-order valence-corrected chi connectivity index (χ4v) is 3.32. The van der Waals surface area contributed by atoms with E-state index in [-0.39, 0.29) is 18.2 Å². The summed E-state index contributed by atoms with van der Waals surface area (Å²) in [5, 5.41) is 10.4. The number of ether oxygens (including phenoxy) is 1. The molecular formula is C29H28FN3O4. The van der Waals surface area contributed by atoms with Gasteiger partial charge in [0.2, 0.25) is 0 Å². The zero-order valence-electron chi connectivity index (χ0n) is 20.9. The molecule has 1 amide bonds. The number of hydrogen-bond donors (Lipinski definition) is 1. The van der Waals surface area contributed by atoms with Gasteiger partial charge >= 0.3 is 0 Å². The Morgan fingerprint density at radius 1 is 1.03 bits per heavy atom. The highest BCUT2D eigenvalue weighted by molar-refractivity contribution is 6.45. The van der Waals surface area contributed by atoms with Crippen LogP contribution in [0.15, 0.2) is 101 Å². The Bertz CT molecular complexity index is 1320. The Labute approximate surface area is 215 Å². The van der Waals surface area contributed by atoms with E-state index in [0.717, 1.165) is 16.7 Å². The topological polar surface area (TPSA) is 81.5 Å². The Kier molecular flexibility index (Phi) is 10.2. The molecule has 0 heterocycles. The minimum absolute atomic E-state index is 0.121. The molecule has 0 aliphatic carbocycles. The molecule has 0 aromatic heterocycles. The largest absolute Gasteiger partial charge is 0.432 e. The summed E-state index contributed by atoms with van der Waals surface area (Å²) < 4.78 is 19.6. The number of hydrogen-bond acceptors (Lipinski definition) is 6. The van der Waals surface area contributed by atoms with Gasteiger partial charge in [0.15, 0.2) is 5.71 Å². The van der Waals surface area contributed by atoms with Gasteiger partial charge in [0.1, 0.15) is 19.5 Å². The van der Waals surface area contributed by atoms with Crippen LogP contribution in [0, 0.1) is 0 Å². The molecule has 1 N–H and O–H groups in total. The van der Waals surface area contributed by atoms with Crippen LogP contribution in [0.3, 0.4) is 0 Å². The molecule has 0 fully saturated rings. The van der Waals surface area contributed by atoms with Crippen molar-refractivity contribution in [2.45, 2.75) is 13.5 Å². The van der Waals surface area contributed by atoms with Crippen molar-refractivity contribution in [1.29, 1.82) is 0 Å². The third-order valence-electron chi connectivity index (χ3n) is 5.16. The molecule has 0 unspecified atom stereocenters. The Morgan fingerprint density at radius 3 is 2.54 bits per heavy atom. The standard InChI is InChI=1S/C29H28FN3O4/c1-21(23-13-9-14-25(19-23)37-27(30)18-22-10-5-4-6-11-22)16-17-32-36-20-24-12-7-8-15-26(24)28(33-35-3)29(34)31-2/h4-19H,20H2,1-3H3,(H,31,34)/b21-16+,27-18-,32-17+,33-28+. The third kappa shape index (κ3) is 8.17. The molecule has 0 aliphatic heterocycles. The van der Waals surface area contributed by atoms with Crippen LogP contribution in [0.25, 0.3) is 11.6 Å². The van der Waals surface area contributed by atoms with E-state index in [1.165, 1.54) is 26.4 Å². The second-order valence-corrected chi connectivity index (χ2v) is 7.73. The van der Waals surface area contributed by atoms with Gasteiger partial charge in [0.05, 0.1) is 6.21 Å². The lowest BCUT2D eigenvalue weighted by molar-refractivity contribution is -0.114. The smallest absolute Gasteiger partial charge is 0.278 e. The van der Waals surface area contributed by atoms with Crippen LogP contribution in [0.5, 0.6) is 5.75 Å². The minimum Gasteiger partial charge on any atom is -0.432 e. The number of likely N-dealkylation sites (N-methyl/N-ethyl adjacent to an activating group) is 1. The Balaban J connectivity index is 1.63. The first-order valence-corrected chi connectivity index (χ1v) is 11.5. The molecule has 8 heteroatoms. The van der Waals surface area contributed by atoms with Gasteiger partial charge in [-0.25, -0.2) is 0 Å². The maximum atomic E-state index is 14.3. The SMILES string of the molecule is CNC(=O)/C(=N/OC)c1ccccc1CO/N=C/C=C(\C)c1cccc(O/C(F)=C\c2ccccc2)c1. The van der Waals surface area contributed by atoms with Crippen molar-refractivity contribution in [2.75, 3.05) is 14.2 Å². The lowest BCUT2D eigenvalue weighted by Crippen LogP contribution is -2.29. The number of carbonyl (C=O) groups is 1. The van der Waals surface area contributed by atoms with Gasteiger partial charge in [-0.3, -0.25) is 4.79 Å². The number of benzene rings is 3. The summed E-state index contributed by atoms with van der Waals surface area (Å²) in [6.45, 7) is 2.02. The first-order valence-electron chi connectivity index (χ1n) is 11.5. The van der Waals surface area contributed by atoms with Crippen LogP contribution in [0.1, 0.15) is 29.2 Å². The lowest BCUT2D eigenvalue weighted by Gasteiger charge is -2.09. The van der Waals surface area contributed by atoms with E-state index in [9.17, 15) is 9.18 Å². The number of nitrogens with one attached hydrogen (secondary N) is 1. The number of rotatable bonds is 11. The second-order valence-electron chi connectivity index (χ2n) is 7.73. The molecule has 190 valence electrons. The summed E-state index contributed by atoms with van der Waals surface area (Å²) >= 11 is 0. The zero-order valence-corrected chi connectivity index (χ0v) is 20.9. The van der Waals surface area contributed by atoms with Gasteiger partial charge in [-0.2, -0.15) is 4.39 Å². The summed E-state index contributed by atoms with van der Waals surface area (Å²) in [6, 6.07) is 22.7. The van der Waals surface area contributed by atoms with E-state index in [4.69, 9.17) is 14.4 Å². The fraction of sp³-hybridized carbons (Fsp3) is 0.138. The van der Waals surface area contributed by atoms with E-state index in [1.54, 1.807) is 48.5 Å². The Hall–Kier alpha value is -4.72. The highest BCUT2D eigenvalue weighted by Crippen LogP contribution is 2.22. The molecule has 0 aliphatic rings. The van der Waals surface area contributed by atoms with Crippen molar-refractivity contribution >= 4 is 29.5 Å². The normalized spacial score (nSPS) is 12.4. The molecule has 37 heavy (non-hydrogen) atoms. The summed E-state index contributed by atoms with van der Waals surface area (Å²) in [6.07, 6.45) is 4.62. The molecule has 0 bridgehead atoms. The average molecular weight is 502 g/mol. The molecule has 0 spiro atoms. The first-order chi connectivity index (χ1) is 18.0. The number of nitrogens with zero attached hydrogens (tertiary/aromatic N) is 2. The van der Waals surface area contributed by atoms with Crippen LogP contribution in [0.2, 0.25) is 0 Å². The van der Waals surface area contributed by atoms with Gasteiger partial charge in [-0.15, -0.1) is 0 Å². The monoisotopic (exact) mass is 501 g/mol. The summed E-state index contributed by atoms with van der Waals surface area (Å²) in [7, 11) is 2.89. The van der Waals surface area contributed by atoms with E-state index in [0.29, 0.717) is 16.9 Å². The maximum Gasteiger partial charge on any atom is 0.278 e. The van der Waals surface area contributed by atoms with E-state index in [1.807, 2.05) is 43.3 Å². The number of carbonyl (C=O) groups excluding carboxylic acids is 1. The average Bonchev–Trinajstić information content (AvgIpc) is 2.92. The molecule has 3 aromatic rings. The van der Waals surface area contributed by atoms with Crippen molar-refractivity contribution in [1.82, 2.24) is 5.32 Å². The Morgan fingerprint density at radius 2 is 1.78 bits per heavy atom. The number of halogens is 1. The van der Waals surface area contributed by atoms with Crippen LogP contribution in [-0.4, -0.2) is 32.0 Å². The maximum absolute atomic E-state index is 14.3. The fourth-order valence-electron chi connectivity index (χ4n) is 3.32. The highest BCUT2D eigenvalue weighted by Gasteiger charge is 2.17. The van der Waals surface area contributed by atoms with Crippen LogP contribution < -0.4 is 10.1 Å². The molecule has 0 radical (unpaired) electrons. The molecule has 0 atom stereocenters. The highest BCUT2D eigenvalue weighted by atomic mass is 19.1. The second kappa shape index (κ2) is 14.0. The number of amides is 1. The van der Waals surface area contributed by atoms with Crippen LogP contribution >= 0.6 is 0 Å². The van der Waals surface area contributed by atoms with Gasteiger partial charge in [-0.1, -0.05) is 77.0 Å². The molecule has 0 saturated carbocycles. The number of oxime groups is 2. The van der Waals surface area contributed by atoms with E-state index < -0.39 is 6.01 Å². The molecule has 0 saturated heterocycles. The predicted molar refractivity (Wildman–Crippen MR) is 144 cm³/mol. The van der Waals surface area contributed by atoms with Crippen molar-refractivity contribution < 1.29 is 23.6 Å². The van der Waals surface area contributed by atoms with E-state index in [2.05, 4.69) is 15.6 Å². The predicted octanol–water partition coefficient (Wildman–Crippen LogP) is 5.74. The molecule has 7 nitrogen and oxygen atoms in total. The molecular weight excluding hydrogens is 473 g/mol. The van der Waals surface area contributed by atoms with Crippen molar-refractivity contribution in [3.63, 3.8) is 0 Å².